The van der Waals surface area contributed by atoms with E-state index < -0.39 is 0 Å². The molecule has 120 valence electrons. The smallest absolute Gasteiger partial charge is 0.245 e. The van der Waals surface area contributed by atoms with Crippen LogP contribution >= 0.6 is 0 Å². The lowest BCUT2D eigenvalue weighted by Gasteiger charge is -2.27. The molecule has 1 aromatic heterocycles. The van der Waals surface area contributed by atoms with Crippen molar-refractivity contribution in [2.24, 2.45) is 0 Å². The van der Waals surface area contributed by atoms with Crippen molar-refractivity contribution in [3.8, 4) is 0 Å². The van der Waals surface area contributed by atoms with Gasteiger partial charge in [0, 0.05) is 43.2 Å². The van der Waals surface area contributed by atoms with Crippen molar-refractivity contribution in [3.63, 3.8) is 0 Å². The zero-order chi connectivity index (χ0) is 15.8. The minimum atomic E-state index is -0.283. The Kier molecular flexibility index (Phi) is 3.56. The molecule has 0 radical (unpaired) electrons. The van der Waals surface area contributed by atoms with Crippen LogP contribution in [0.2, 0.25) is 0 Å². The lowest BCUT2D eigenvalue weighted by atomic mass is 10.1. The molecule has 2 aliphatic rings. The molecule has 5 nitrogen and oxygen atoms in total. The Labute approximate surface area is 135 Å². The summed E-state index contributed by atoms with van der Waals surface area (Å²) in [5.41, 5.74) is 2.15. The molecule has 2 saturated heterocycles. The van der Waals surface area contributed by atoms with Crippen molar-refractivity contribution in [2.45, 2.75) is 38.3 Å². The number of hydrogen-bond acceptors (Lipinski definition) is 2. The molecule has 4 rings (SSSR count). The van der Waals surface area contributed by atoms with Gasteiger partial charge in [-0.15, -0.1) is 0 Å². The number of carbonyl (C=O) groups is 2. The van der Waals surface area contributed by atoms with Gasteiger partial charge in [-0.05, 0) is 30.9 Å². The van der Waals surface area contributed by atoms with E-state index in [0.29, 0.717) is 19.4 Å². The molecule has 2 aliphatic heterocycles. The van der Waals surface area contributed by atoms with Crippen LogP contribution in [0.5, 0.6) is 0 Å². The number of aromatic nitrogens is 1. The highest BCUT2D eigenvalue weighted by Gasteiger charge is 2.38. The van der Waals surface area contributed by atoms with E-state index in [1.54, 1.807) is 4.90 Å². The zero-order valence-corrected chi connectivity index (χ0v) is 13.1. The highest BCUT2D eigenvalue weighted by Crippen LogP contribution is 2.27. The summed E-state index contributed by atoms with van der Waals surface area (Å²) >= 11 is 0. The average molecular weight is 311 g/mol. The number of fused-ring (bicyclic) bond motifs is 1. The first kappa shape index (κ1) is 14.3. The van der Waals surface area contributed by atoms with E-state index in [4.69, 9.17) is 0 Å². The topological polar surface area (TPSA) is 56.4 Å². The van der Waals surface area contributed by atoms with Gasteiger partial charge >= 0.3 is 0 Å². The Bertz CT molecular complexity index is 746. The van der Waals surface area contributed by atoms with Crippen LogP contribution in [-0.4, -0.2) is 45.7 Å². The van der Waals surface area contributed by atoms with E-state index in [-0.39, 0.29) is 17.9 Å². The SMILES string of the molecule is O=C([C@H]1CCC(=O)N1Cc1c[nH]c2ccccc12)N1CCCC1. The lowest BCUT2D eigenvalue weighted by Crippen LogP contribution is -2.45. The molecule has 2 amide bonds. The molecular weight excluding hydrogens is 290 g/mol. The van der Waals surface area contributed by atoms with Crippen LogP contribution in [0.3, 0.4) is 0 Å². The third kappa shape index (κ3) is 2.50. The van der Waals surface area contributed by atoms with E-state index in [1.807, 2.05) is 29.3 Å². The summed E-state index contributed by atoms with van der Waals surface area (Å²) in [5, 5.41) is 1.12. The standard InChI is InChI=1S/C18H21N3O2/c22-17-8-7-16(18(23)20-9-3-4-10-20)21(17)12-13-11-19-15-6-2-1-5-14(13)15/h1-2,5-6,11,16,19H,3-4,7-10,12H2/t16-/m1/s1. The Morgan fingerprint density at radius 1 is 1.22 bits per heavy atom. The summed E-state index contributed by atoms with van der Waals surface area (Å²) in [7, 11) is 0. The van der Waals surface area contributed by atoms with Crippen LogP contribution in [-0.2, 0) is 16.1 Å². The molecule has 1 atom stereocenters. The molecule has 3 heterocycles. The van der Waals surface area contributed by atoms with Gasteiger partial charge in [0.25, 0.3) is 0 Å². The second kappa shape index (κ2) is 5.72. The van der Waals surface area contributed by atoms with E-state index in [9.17, 15) is 9.59 Å². The minimum Gasteiger partial charge on any atom is -0.361 e. The number of amides is 2. The Morgan fingerprint density at radius 2 is 2.00 bits per heavy atom. The summed E-state index contributed by atoms with van der Waals surface area (Å²) < 4.78 is 0. The van der Waals surface area contributed by atoms with E-state index >= 15 is 0 Å². The molecule has 1 aromatic carbocycles. The van der Waals surface area contributed by atoms with Crippen molar-refractivity contribution in [1.82, 2.24) is 14.8 Å². The molecule has 0 saturated carbocycles. The molecule has 5 heteroatoms. The average Bonchev–Trinajstić information content (AvgIpc) is 3.29. The first-order valence-electron chi connectivity index (χ1n) is 8.37. The van der Waals surface area contributed by atoms with Crippen molar-refractivity contribution >= 4 is 22.7 Å². The van der Waals surface area contributed by atoms with Gasteiger partial charge in [-0.1, -0.05) is 18.2 Å². The van der Waals surface area contributed by atoms with Crippen LogP contribution in [0.25, 0.3) is 10.9 Å². The Hall–Kier alpha value is -2.30. The predicted molar refractivity (Wildman–Crippen MR) is 87.7 cm³/mol. The molecule has 1 N–H and O–H groups in total. The van der Waals surface area contributed by atoms with Gasteiger partial charge in [-0.25, -0.2) is 0 Å². The third-order valence-corrected chi connectivity index (χ3v) is 5.05. The predicted octanol–water partition coefficient (Wildman–Crippen LogP) is 2.28. The van der Waals surface area contributed by atoms with Crippen LogP contribution in [0.15, 0.2) is 30.5 Å². The maximum atomic E-state index is 12.7. The molecule has 2 fully saturated rings. The largest absolute Gasteiger partial charge is 0.361 e. The fourth-order valence-electron chi connectivity index (χ4n) is 3.78. The van der Waals surface area contributed by atoms with Crippen molar-refractivity contribution < 1.29 is 9.59 Å². The van der Waals surface area contributed by atoms with Gasteiger partial charge in [0.1, 0.15) is 6.04 Å². The van der Waals surface area contributed by atoms with Gasteiger partial charge < -0.3 is 14.8 Å². The molecule has 0 aliphatic carbocycles. The number of benzene rings is 1. The number of H-pyrrole nitrogens is 1. The number of para-hydroxylation sites is 1. The number of nitrogens with one attached hydrogen (secondary N) is 1. The summed E-state index contributed by atoms with van der Waals surface area (Å²) in [4.78, 5) is 32.0. The Balaban J connectivity index is 1.58. The van der Waals surface area contributed by atoms with Crippen LogP contribution in [0, 0.1) is 0 Å². The van der Waals surface area contributed by atoms with E-state index in [2.05, 4.69) is 11.1 Å². The van der Waals surface area contributed by atoms with Crippen molar-refractivity contribution in [3.05, 3.63) is 36.0 Å². The monoisotopic (exact) mass is 311 g/mol. The first-order chi connectivity index (χ1) is 11.2. The highest BCUT2D eigenvalue weighted by atomic mass is 16.2. The normalized spacial score (nSPS) is 21.6. The number of hydrogen-bond donors (Lipinski definition) is 1. The van der Waals surface area contributed by atoms with Crippen LogP contribution in [0.4, 0.5) is 0 Å². The fraction of sp³-hybridized carbons (Fsp3) is 0.444. The highest BCUT2D eigenvalue weighted by molar-refractivity contribution is 5.91. The number of carbonyl (C=O) groups excluding carboxylic acids is 2. The maximum absolute atomic E-state index is 12.7. The molecule has 0 unspecified atom stereocenters. The van der Waals surface area contributed by atoms with Crippen LogP contribution < -0.4 is 0 Å². The number of nitrogens with zero attached hydrogens (tertiary/aromatic N) is 2. The second-order valence-corrected chi connectivity index (χ2v) is 6.47. The van der Waals surface area contributed by atoms with Crippen molar-refractivity contribution in [1.29, 1.82) is 0 Å². The van der Waals surface area contributed by atoms with Gasteiger partial charge in [0.2, 0.25) is 11.8 Å². The van der Waals surface area contributed by atoms with E-state index in [1.165, 1.54) is 0 Å². The zero-order valence-electron chi connectivity index (χ0n) is 13.1. The molecule has 0 spiro atoms. The summed E-state index contributed by atoms with van der Waals surface area (Å²) in [6.45, 7) is 2.18. The van der Waals surface area contributed by atoms with Gasteiger partial charge in [0.05, 0.1) is 0 Å². The maximum Gasteiger partial charge on any atom is 0.245 e. The minimum absolute atomic E-state index is 0.0906. The summed E-state index contributed by atoms with van der Waals surface area (Å²) in [6, 6.07) is 7.78. The second-order valence-electron chi connectivity index (χ2n) is 6.47. The number of aromatic amines is 1. The van der Waals surface area contributed by atoms with Gasteiger partial charge in [-0.3, -0.25) is 9.59 Å². The quantitative estimate of drug-likeness (QED) is 0.945. The first-order valence-corrected chi connectivity index (χ1v) is 8.37. The van der Waals surface area contributed by atoms with Gasteiger partial charge in [0.15, 0.2) is 0 Å². The number of rotatable bonds is 3. The molecule has 2 aromatic rings. The summed E-state index contributed by atoms with van der Waals surface area (Å²) in [6.07, 6.45) is 5.24. The third-order valence-electron chi connectivity index (χ3n) is 5.05. The molecule has 23 heavy (non-hydrogen) atoms. The van der Waals surface area contributed by atoms with Crippen LogP contribution in [0.1, 0.15) is 31.2 Å². The van der Waals surface area contributed by atoms with E-state index in [0.717, 1.165) is 42.4 Å². The fourth-order valence-corrected chi connectivity index (χ4v) is 3.78. The Morgan fingerprint density at radius 3 is 2.83 bits per heavy atom. The lowest BCUT2D eigenvalue weighted by molar-refractivity contribution is -0.141. The molecular formula is C18H21N3O2. The summed E-state index contributed by atoms with van der Waals surface area (Å²) in [5.74, 6) is 0.223. The van der Waals surface area contributed by atoms with Crippen molar-refractivity contribution in [2.75, 3.05) is 13.1 Å². The van der Waals surface area contributed by atoms with Gasteiger partial charge in [-0.2, -0.15) is 0 Å². The molecule has 0 bridgehead atoms. The number of likely N-dealkylation sites (tertiary alicyclic amines) is 2.